The molecule has 4 heteroatoms. The highest BCUT2D eigenvalue weighted by Crippen LogP contribution is 2.36. The lowest BCUT2D eigenvalue weighted by Crippen LogP contribution is -2.39. The summed E-state index contributed by atoms with van der Waals surface area (Å²) in [5, 5.41) is 0.391. The molecule has 0 N–H and O–H groups in total. The van der Waals surface area contributed by atoms with E-state index in [1.807, 2.05) is 0 Å². The average molecular weight is 279 g/mol. The zero-order valence-electron chi connectivity index (χ0n) is 11.0. The minimum absolute atomic E-state index is 0.124. The molecule has 0 radical (unpaired) electrons. The van der Waals surface area contributed by atoms with Gasteiger partial charge in [0, 0.05) is 24.3 Å². The molecule has 1 unspecified atom stereocenters. The summed E-state index contributed by atoms with van der Waals surface area (Å²) >= 11 is 5.88. The normalized spacial score (nSPS) is 24.1. The molecule has 2 fully saturated rings. The van der Waals surface area contributed by atoms with Crippen LogP contribution in [0.15, 0.2) is 18.3 Å². The van der Waals surface area contributed by atoms with Gasteiger partial charge in [-0.05, 0) is 43.7 Å². The number of hydrogen-bond donors (Lipinski definition) is 0. The first-order valence-electron chi connectivity index (χ1n) is 7.18. The Morgan fingerprint density at radius 1 is 1.26 bits per heavy atom. The Labute approximate surface area is 119 Å². The van der Waals surface area contributed by atoms with Gasteiger partial charge in [0.1, 0.15) is 5.15 Å². The summed E-state index contributed by atoms with van der Waals surface area (Å²) in [6.45, 7) is 0.889. The molecule has 3 rings (SSSR count). The van der Waals surface area contributed by atoms with E-state index in [9.17, 15) is 4.79 Å². The Balaban J connectivity index is 1.78. The zero-order chi connectivity index (χ0) is 13.2. The Bertz CT molecular complexity index is 471. The Morgan fingerprint density at radius 2 is 2.05 bits per heavy atom. The molecule has 2 heterocycles. The number of pyridine rings is 1. The van der Waals surface area contributed by atoms with E-state index >= 15 is 0 Å². The van der Waals surface area contributed by atoms with Crippen LogP contribution in [0.25, 0.3) is 0 Å². The molecule has 102 valence electrons. The van der Waals surface area contributed by atoms with Gasteiger partial charge in [-0.15, -0.1) is 0 Å². The van der Waals surface area contributed by atoms with Crippen molar-refractivity contribution < 1.29 is 4.79 Å². The van der Waals surface area contributed by atoms with Crippen molar-refractivity contribution in [1.82, 2.24) is 9.88 Å². The number of carbonyl (C=O) groups is 1. The maximum atomic E-state index is 12.6. The van der Waals surface area contributed by atoms with Crippen LogP contribution in [0.3, 0.4) is 0 Å². The number of hydrogen-bond acceptors (Lipinski definition) is 2. The molecule has 1 saturated carbocycles. The van der Waals surface area contributed by atoms with Crippen LogP contribution in [-0.2, 0) is 0 Å². The lowest BCUT2D eigenvalue weighted by atomic mass is 9.95. The van der Waals surface area contributed by atoms with Gasteiger partial charge in [0.25, 0.3) is 5.91 Å². The average Bonchev–Trinajstić information content (AvgIpc) is 3.08. The van der Waals surface area contributed by atoms with Crippen molar-refractivity contribution >= 4 is 17.5 Å². The monoisotopic (exact) mass is 278 g/mol. The van der Waals surface area contributed by atoms with E-state index in [2.05, 4.69) is 9.88 Å². The summed E-state index contributed by atoms with van der Waals surface area (Å²) in [6.07, 6.45) is 9.11. The summed E-state index contributed by atoms with van der Waals surface area (Å²) in [7, 11) is 0. The van der Waals surface area contributed by atoms with Crippen LogP contribution in [0.1, 0.15) is 48.9 Å². The van der Waals surface area contributed by atoms with Crippen molar-refractivity contribution in [2.24, 2.45) is 5.92 Å². The Morgan fingerprint density at radius 3 is 2.79 bits per heavy atom. The topological polar surface area (TPSA) is 33.2 Å². The fourth-order valence-electron chi connectivity index (χ4n) is 3.58. The van der Waals surface area contributed by atoms with Gasteiger partial charge < -0.3 is 4.90 Å². The molecule has 1 amide bonds. The highest BCUT2D eigenvalue weighted by Gasteiger charge is 2.36. The SMILES string of the molecule is O=C(c1ccnc(Cl)c1)N1CCCC1C1CCCC1. The van der Waals surface area contributed by atoms with E-state index < -0.39 is 0 Å². The van der Waals surface area contributed by atoms with Crippen LogP contribution in [0.2, 0.25) is 5.15 Å². The maximum absolute atomic E-state index is 12.6. The van der Waals surface area contributed by atoms with Gasteiger partial charge in [-0.25, -0.2) is 4.98 Å². The minimum atomic E-state index is 0.124. The lowest BCUT2D eigenvalue weighted by Gasteiger charge is -2.29. The molecule has 0 spiro atoms. The smallest absolute Gasteiger partial charge is 0.254 e. The van der Waals surface area contributed by atoms with E-state index in [-0.39, 0.29) is 5.91 Å². The molecule has 1 saturated heterocycles. The molecule has 1 aromatic heterocycles. The zero-order valence-corrected chi connectivity index (χ0v) is 11.8. The highest BCUT2D eigenvalue weighted by molar-refractivity contribution is 6.29. The number of rotatable bonds is 2. The lowest BCUT2D eigenvalue weighted by molar-refractivity contribution is 0.0689. The van der Waals surface area contributed by atoms with E-state index in [0.29, 0.717) is 22.7 Å². The number of nitrogens with zero attached hydrogens (tertiary/aromatic N) is 2. The molecular weight excluding hydrogens is 260 g/mol. The molecule has 0 aromatic carbocycles. The van der Waals surface area contributed by atoms with E-state index in [1.54, 1.807) is 18.3 Å². The van der Waals surface area contributed by atoms with Crippen LogP contribution in [0.5, 0.6) is 0 Å². The molecular formula is C15H19ClN2O. The highest BCUT2D eigenvalue weighted by atomic mass is 35.5. The molecule has 1 aromatic rings. The summed E-state index contributed by atoms with van der Waals surface area (Å²) in [4.78, 5) is 18.6. The molecule has 2 aliphatic rings. The van der Waals surface area contributed by atoms with Gasteiger partial charge >= 0.3 is 0 Å². The summed E-state index contributed by atoms with van der Waals surface area (Å²) in [6, 6.07) is 3.88. The molecule has 19 heavy (non-hydrogen) atoms. The van der Waals surface area contributed by atoms with E-state index in [1.165, 1.54) is 25.7 Å². The second-order valence-electron chi connectivity index (χ2n) is 5.62. The number of carbonyl (C=O) groups excluding carboxylic acids is 1. The van der Waals surface area contributed by atoms with Gasteiger partial charge in [0.05, 0.1) is 0 Å². The molecule has 1 atom stereocenters. The third-order valence-electron chi connectivity index (χ3n) is 4.48. The van der Waals surface area contributed by atoms with Crippen LogP contribution >= 0.6 is 11.6 Å². The first-order chi connectivity index (χ1) is 9.25. The van der Waals surface area contributed by atoms with E-state index in [0.717, 1.165) is 19.4 Å². The van der Waals surface area contributed by atoms with Crippen molar-refractivity contribution in [2.45, 2.75) is 44.6 Å². The second-order valence-corrected chi connectivity index (χ2v) is 6.01. The molecule has 0 bridgehead atoms. The first kappa shape index (κ1) is 12.9. The van der Waals surface area contributed by atoms with Crippen molar-refractivity contribution in [1.29, 1.82) is 0 Å². The minimum Gasteiger partial charge on any atom is -0.335 e. The summed E-state index contributed by atoms with van der Waals surface area (Å²) in [5.41, 5.74) is 0.671. The number of likely N-dealkylation sites (tertiary alicyclic amines) is 1. The van der Waals surface area contributed by atoms with Crippen LogP contribution < -0.4 is 0 Å². The summed E-state index contributed by atoms with van der Waals surface area (Å²) in [5.74, 6) is 0.836. The standard InChI is InChI=1S/C15H19ClN2O/c16-14-10-12(7-8-17-14)15(19)18-9-3-6-13(18)11-4-1-2-5-11/h7-8,10-11,13H,1-6,9H2. The number of amides is 1. The molecule has 3 nitrogen and oxygen atoms in total. The Kier molecular flexibility index (Phi) is 3.74. The largest absolute Gasteiger partial charge is 0.335 e. The quantitative estimate of drug-likeness (QED) is 0.776. The predicted molar refractivity (Wildman–Crippen MR) is 75.3 cm³/mol. The predicted octanol–water partition coefficient (Wildman–Crippen LogP) is 3.53. The Hall–Kier alpha value is -1.09. The fourth-order valence-corrected chi connectivity index (χ4v) is 3.75. The number of aromatic nitrogens is 1. The van der Waals surface area contributed by atoms with Gasteiger partial charge in [0.15, 0.2) is 0 Å². The van der Waals surface area contributed by atoms with Gasteiger partial charge in [0.2, 0.25) is 0 Å². The van der Waals surface area contributed by atoms with Crippen molar-refractivity contribution in [3.8, 4) is 0 Å². The second kappa shape index (κ2) is 5.49. The molecule has 1 aliphatic carbocycles. The van der Waals surface area contributed by atoms with Crippen molar-refractivity contribution in [3.05, 3.63) is 29.0 Å². The number of halogens is 1. The molecule has 1 aliphatic heterocycles. The van der Waals surface area contributed by atoms with Crippen LogP contribution in [0.4, 0.5) is 0 Å². The maximum Gasteiger partial charge on any atom is 0.254 e. The third kappa shape index (κ3) is 2.62. The van der Waals surface area contributed by atoms with Crippen LogP contribution in [0, 0.1) is 5.92 Å². The van der Waals surface area contributed by atoms with Gasteiger partial charge in [-0.3, -0.25) is 4.79 Å². The fraction of sp³-hybridized carbons (Fsp3) is 0.600. The van der Waals surface area contributed by atoms with Gasteiger partial charge in [-0.2, -0.15) is 0 Å². The van der Waals surface area contributed by atoms with Crippen molar-refractivity contribution in [3.63, 3.8) is 0 Å². The third-order valence-corrected chi connectivity index (χ3v) is 4.68. The first-order valence-corrected chi connectivity index (χ1v) is 7.56. The van der Waals surface area contributed by atoms with Crippen molar-refractivity contribution in [2.75, 3.05) is 6.54 Å². The van der Waals surface area contributed by atoms with Crippen LogP contribution in [-0.4, -0.2) is 28.4 Å². The van der Waals surface area contributed by atoms with Gasteiger partial charge in [-0.1, -0.05) is 24.4 Å². The summed E-state index contributed by atoms with van der Waals surface area (Å²) < 4.78 is 0. The van der Waals surface area contributed by atoms with E-state index in [4.69, 9.17) is 11.6 Å².